The Hall–Kier alpha value is -2.04. The number of carbonyl (C=O) groups excluding carboxylic acids is 1. The van der Waals surface area contributed by atoms with Gasteiger partial charge in [-0.15, -0.1) is 0 Å². The van der Waals surface area contributed by atoms with Gasteiger partial charge in [-0.3, -0.25) is 4.90 Å². The number of likely N-dealkylation sites (tertiary alicyclic amines) is 1. The lowest BCUT2D eigenvalue weighted by molar-refractivity contribution is 0.185. The van der Waals surface area contributed by atoms with Crippen molar-refractivity contribution in [3.63, 3.8) is 0 Å². The molecule has 2 amide bonds. The molecule has 1 aliphatic heterocycles. The molecule has 0 spiro atoms. The number of rotatable bonds is 6. The summed E-state index contributed by atoms with van der Waals surface area (Å²) < 4.78 is 0. The quantitative estimate of drug-likeness (QED) is 0.753. The first-order valence-electron chi connectivity index (χ1n) is 9.73. The Morgan fingerprint density at radius 2 is 1.78 bits per heavy atom. The third-order valence-electron chi connectivity index (χ3n) is 5.16. The number of carbonyl (C=O) groups is 1. The van der Waals surface area contributed by atoms with Gasteiger partial charge in [0.2, 0.25) is 0 Å². The van der Waals surface area contributed by atoms with Gasteiger partial charge in [0.15, 0.2) is 0 Å². The van der Waals surface area contributed by atoms with Crippen LogP contribution in [0.1, 0.15) is 43.4 Å². The molecule has 2 aromatic rings. The van der Waals surface area contributed by atoms with Crippen molar-refractivity contribution in [1.29, 1.82) is 0 Å². The van der Waals surface area contributed by atoms with Crippen LogP contribution in [0.2, 0.25) is 5.02 Å². The molecule has 1 atom stereocenters. The molecule has 0 saturated carbocycles. The molecular weight excluding hydrogens is 358 g/mol. The van der Waals surface area contributed by atoms with Gasteiger partial charge in [0.1, 0.15) is 0 Å². The van der Waals surface area contributed by atoms with Crippen molar-refractivity contribution in [2.45, 2.75) is 44.8 Å². The van der Waals surface area contributed by atoms with E-state index in [9.17, 15) is 4.79 Å². The van der Waals surface area contributed by atoms with Crippen LogP contribution in [0.4, 0.5) is 4.79 Å². The second-order valence-electron chi connectivity index (χ2n) is 7.17. The maximum Gasteiger partial charge on any atom is 0.315 e. The maximum absolute atomic E-state index is 12.4. The molecule has 1 heterocycles. The van der Waals surface area contributed by atoms with E-state index in [1.165, 1.54) is 5.56 Å². The standard InChI is InChI=1S/C22H28ClN3O/c1-2-21(18-8-10-19(23)11-9-18)25-22(27)24-20-12-14-26(15-13-20)16-17-6-4-3-5-7-17/h3-11,20-21H,2,12-16H2,1H3,(H2,24,25,27). The molecular formula is C22H28ClN3O. The smallest absolute Gasteiger partial charge is 0.315 e. The van der Waals surface area contributed by atoms with E-state index in [2.05, 4.69) is 46.7 Å². The molecule has 1 saturated heterocycles. The van der Waals surface area contributed by atoms with Crippen LogP contribution in [0.15, 0.2) is 54.6 Å². The molecule has 2 aromatic carbocycles. The Morgan fingerprint density at radius 1 is 1.11 bits per heavy atom. The largest absolute Gasteiger partial charge is 0.335 e. The number of hydrogen-bond donors (Lipinski definition) is 2. The average Bonchev–Trinajstić information content (AvgIpc) is 2.69. The molecule has 0 aromatic heterocycles. The number of nitrogens with one attached hydrogen (secondary N) is 2. The molecule has 0 radical (unpaired) electrons. The third-order valence-corrected chi connectivity index (χ3v) is 5.41. The van der Waals surface area contributed by atoms with Crippen LogP contribution in [-0.4, -0.2) is 30.1 Å². The fourth-order valence-corrected chi connectivity index (χ4v) is 3.70. The zero-order valence-electron chi connectivity index (χ0n) is 15.8. The van der Waals surface area contributed by atoms with Gasteiger partial charge >= 0.3 is 6.03 Å². The predicted molar refractivity (Wildman–Crippen MR) is 111 cm³/mol. The van der Waals surface area contributed by atoms with Crippen LogP contribution in [0.3, 0.4) is 0 Å². The van der Waals surface area contributed by atoms with Crippen molar-refractivity contribution < 1.29 is 4.79 Å². The van der Waals surface area contributed by atoms with Gasteiger partial charge in [-0.25, -0.2) is 4.79 Å². The van der Waals surface area contributed by atoms with E-state index in [0.29, 0.717) is 5.02 Å². The molecule has 144 valence electrons. The Labute approximate surface area is 166 Å². The monoisotopic (exact) mass is 385 g/mol. The Bertz CT molecular complexity index is 712. The fraction of sp³-hybridized carbons (Fsp3) is 0.409. The summed E-state index contributed by atoms with van der Waals surface area (Å²) in [6, 6.07) is 18.4. The molecule has 2 N–H and O–H groups in total. The number of hydrogen-bond acceptors (Lipinski definition) is 2. The number of amides is 2. The van der Waals surface area contributed by atoms with Crippen molar-refractivity contribution in [3.8, 4) is 0 Å². The number of piperidine rings is 1. The van der Waals surface area contributed by atoms with Gasteiger partial charge in [0, 0.05) is 30.7 Å². The Morgan fingerprint density at radius 3 is 2.41 bits per heavy atom. The van der Waals surface area contributed by atoms with Crippen molar-refractivity contribution in [1.82, 2.24) is 15.5 Å². The zero-order valence-corrected chi connectivity index (χ0v) is 16.6. The minimum atomic E-state index is -0.0849. The Kier molecular flexibility index (Phi) is 7.13. The van der Waals surface area contributed by atoms with Gasteiger partial charge in [-0.2, -0.15) is 0 Å². The topological polar surface area (TPSA) is 44.4 Å². The molecule has 1 unspecified atom stereocenters. The summed E-state index contributed by atoms with van der Waals surface area (Å²) in [5, 5.41) is 6.95. The van der Waals surface area contributed by atoms with E-state index >= 15 is 0 Å². The number of halogens is 1. The van der Waals surface area contributed by atoms with Crippen LogP contribution in [-0.2, 0) is 6.54 Å². The normalized spacial score (nSPS) is 16.7. The van der Waals surface area contributed by atoms with E-state index in [1.807, 2.05) is 30.3 Å². The summed E-state index contributed by atoms with van der Waals surface area (Å²) in [7, 11) is 0. The predicted octanol–water partition coefficient (Wildman–Crippen LogP) is 4.75. The van der Waals surface area contributed by atoms with Gasteiger partial charge < -0.3 is 10.6 Å². The first kappa shape index (κ1) is 19.7. The Balaban J connectivity index is 1.44. The molecule has 3 rings (SSSR count). The van der Waals surface area contributed by atoms with E-state index in [1.54, 1.807) is 0 Å². The van der Waals surface area contributed by atoms with Crippen LogP contribution in [0.5, 0.6) is 0 Å². The summed E-state index contributed by atoms with van der Waals surface area (Å²) in [6.45, 7) is 5.07. The van der Waals surface area contributed by atoms with E-state index in [-0.39, 0.29) is 18.1 Å². The lowest BCUT2D eigenvalue weighted by atomic mass is 10.0. The molecule has 1 fully saturated rings. The first-order chi connectivity index (χ1) is 13.1. The highest BCUT2D eigenvalue weighted by molar-refractivity contribution is 6.30. The summed E-state index contributed by atoms with van der Waals surface area (Å²) >= 11 is 5.95. The molecule has 1 aliphatic rings. The number of urea groups is 1. The van der Waals surface area contributed by atoms with Gasteiger partial charge in [0.25, 0.3) is 0 Å². The van der Waals surface area contributed by atoms with Crippen LogP contribution < -0.4 is 10.6 Å². The van der Waals surface area contributed by atoms with Gasteiger partial charge in [-0.1, -0.05) is 61.0 Å². The summed E-state index contributed by atoms with van der Waals surface area (Å²) in [5.74, 6) is 0. The molecule has 5 heteroatoms. The fourth-order valence-electron chi connectivity index (χ4n) is 3.58. The third kappa shape index (κ3) is 5.98. The summed E-state index contributed by atoms with van der Waals surface area (Å²) in [6.07, 6.45) is 2.81. The molecule has 4 nitrogen and oxygen atoms in total. The first-order valence-corrected chi connectivity index (χ1v) is 10.1. The maximum atomic E-state index is 12.4. The number of benzene rings is 2. The van der Waals surface area contributed by atoms with E-state index in [0.717, 1.165) is 44.5 Å². The molecule has 0 bridgehead atoms. The summed E-state index contributed by atoms with van der Waals surface area (Å²) in [5.41, 5.74) is 2.42. The van der Waals surface area contributed by atoms with Crippen molar-refractivity contribution in [2.75, 3.05) is 13.1 Å². The lowest BCUT2D eigenvalue weighted by Crippen LogP contribution is -2.48. The van der Waals surface area contributed by atoms with Crippen LogP contribution >= 0.6 is 11.6 Å². The minimum Gasteiger partial charge on any atom is -0.335 e. The van der Waals surface area contributed by atoms with E-state index in [4.69, 9.17) is 11.6 Å². The average molecular weight is 386 g/mol. The van der Waals surface area contributed by atoms with Crippen molar-refractivity contribution in [2.24, 2.45) is 0 Å². The highest BCUT2D eigenvalue weighted by Crippen LogP contribution is 2.19. The second-order valence-corrected chi connectivity index (χ2v) is 7.60. The van der Waals surface area contributed by atoms with Crippen LogP contribution in [0.25, 0.3) is 0 Å². The molecule has 27 heavy (non-hydrogen) atoms. The second kappa shape index (κ2) is 9.77. The van der Waals surface area contributed by atoms with Crippen molar-refractivity contribution >= 4 is 17.6 Å². The number of nitrogens with zero attached hydrogens (tertiary/aromatic N) is 1. The zero-order chi connectivity index (χ0) is 19.1. The van der Waals surface area contributed by atoms with Crippen molar-refractivity contribution in [3.05, 3.63) is 70.7 Å². The lowest BCUT2D eigenvalue weighted by Gasteiger charge is -2.32. The van der Waals surface area contributed by atoms with Gasteiger partial charge in [-0.05, 0) is 42.5 Å². The van der Waals surface area contributed by atoms with Gasteiger partial charge in [0.05, 0.1) is 6.04 Å². The highest BCUT2D eigenvalue weighted by atomic mass is 35.5. The highest BCUT2D eigenvalue weighted by Gasteiger charge is 2.21. The summed E-state index contributed by atoms with van der Waals surface area (Å²) in [4.78, 5) is 14.9. The minimum absolute atomic E-state index is 0.000404. The molecule has 0 aliphatic carbocycles. The van der Waals surface area contributed by atoms with E-state index < -0.39 is 0 Å². The van der Waals surface area contributed by atoms with Crippen LogP contribution in [0, 0.1) is 0 Å². The SMILES string of the molecule is CCC(NC(=O)NC1CCN(Cc2ccccc2)CC1)c1ccc(Cl)cc1.